The molecule has 7 aromatic rings. The van der Waals surface area contributed by atoms with Crippen molar-refractivity contribution >= 4 is 86.5 Å². The predicted octanol–water partition coefficient (Wildman–Crippen LogP) is 13.5. The van der Waals surface area contributed by atoms with E-state index in [9.17, 15) is 0 Å². The number of hydrogen-bond donors (Lipinski definition) is 0. The Hall–Kier alpha value is -5.01. The smallest absolute Gasteiger partial charge is 0.0601 e. The molecule has 0 unspecified atom stereocenters. The second kappa shape index (κ2) is 11.3. The topological polar surface area (TPSA) is 9.72 Å². The molecule has 10 rings (SSSR count). The fourth-order valence-electron chi connectivity index (χ4n) is 6.92. The van der Waals surface area contributed by atoms with Crippen LogP contribution in [0.25, 0.3) is 0 Å². The van der Waals surface area contributed by atoms with Crippen LogP contribution in [0.1, 0.15) is 0 Å². The molecular formula is C42H27N3S3. The van der Waals surface area contributed by atoms with Crippen LogP contribution in [-0.4, -0.2) is 0 Å². The second-order valence-electron chi connectivity index (χ2n) is 11.8. The van der Waals surface area contributed by atoms with E-state index in [0.29, 0.717) is 0 Å². The van der Waals surface area contributed by atoms with Crippen molar-refractivity contribution in [3.8, 4) is 0 Å². The van der Waals surface area contributed by atoms with Gasteiger partial charge in [-0.2, -0.15) is 0 Å². The number of benzene rings is 7. The van der Waals surface area contributed by atoms with Gasteiger partial charge in [0.25, 0.3) is 0 Å². The van der Waals surface area contributed by atoms with Gasteiger partial charge < -0.3 is 14.7 Å². The van der Waals surface area contributed by atoms with Crippen LogP contribution in [0.15, 0.2) is 193 Å². The van der Waals surface area contributed by atoms with Crippen LogP contribution in [0.5, 0.6) is 0 Å². The summed E-state index contributed by atoms with van der Waals surface area (Å²) in [7, 11) is 0. The lowest BCUT2D eigenvalue weighted by atomic mass is 10.1. The van der Waals surface area contributed by atoms with E-state index in [1.165, 1.54) is 63.5 Å². The molecule has 3 aliphatic heterocycles. The summed E-state index contributed by atoms with van der Waals surface area (Å²) in [6, 6.07) is 59.7. The normalized spacial score (nSPS) is 13.9. The summed E-state index contributed by atoms with van der Waals surface area (Å²) >= 11 is 5.52. The van der Waals surface area contributed by atoms with Crippen LogP contribution in [-0.2, 0) is 0 Å². The summed E-state index contributed by atoms with van der Waals surface area (Å²) in [6.07, 6.45) is 0. The van der Waals surface area contributed by atoms with Gasteiger partial charge in [-0.05, 0) is 91.0 Å². The van der Waals surface area contributed by atoms with E-state index in [0.717, 1.165) is 17.1 Å². The quantitative estimate of drug-likeness (QED) is 0.184. The molecule has 0 bridgehead atoms. The van der Waals surface area contributed by atoms with E-state index < -0.39 is 0 Å². The van der Waals surface area contributed by atoms with Crippen molar-refractivity contribution in [2.45, 2.75) is 29.4 Å². The molecule has 228 valence electrons. The summed E-state index contributed by atoms with van der Waals surface area (Å²) < 4.78 is 0. The number of nitrogens with zero attached hydrogens (tertiary/aromatic N) is 3. The van der Waals surface area contributed by atoms with Gasteiger partial charge in [-0.25, -0.2) is 0 Å². The Balaban J connectivity index is 1.27. The molecule has 0 fully saturated rings. The van der Waals surface area contributed by atoms with E-state index in [-0.39, 0.29) is 0 Å². The zero-order chi connectivity index (χ0) is 31.6. The highest BCUT2D eigenvalue weighted by atomic mass is 32.2. The zero-order valence-electron chi connectivity index (χ0n) is 25.7. The summed E-state index contributed by atoms with van der Waals surface area (Å²) in [5, 5.41) is 0. The van der Waals surface area contributed by atoms with Gasteiger partial charge in [-0.15, -0.1) is 0 Å². The number of anilines is 9. The van der Waals surface area contributed by atoms with E-state index in [1.54, 1.807) is 0 Å². The third-order valence-corrected chi connectivity index (χ3v) is 12.3. The molecular weight excluding hydrogens is 643 g/mol. The van der Waals surface area contributed by atoms with Crippen LogP contribution in [0.3, 0.4) is 0 Å². The van der Waals surface area contributed by atoms with Crippen molar-refractivity contribution in [3.05, 3.63) is 164 Å². The number of hydrogen-bond acceptors (Lipinski definition) is 6. The molecule has 3 nitrogen and oxygen atoms in total. The highest BCUT2D eigenvalue weighted by Gasteiger charge is 2.31. The van der Waals surface area contributed by atoms with E-state index in [2.05, 4.69) is 178 Å². The largest absolute Gasteiger partial charge is 0.308 e. The third-order valence-electron chi connectivity index (χ3n) is 8.96. The van der Waals surface area contributed by atoms with E-state index in [4.69, 9.17) is 0 Å². The van der Waals surface area contributed by atoms with Crippen molar-refractivity contribution in [3.63, 3.8) is 0 Å². The summed E-state index contributed by atoms with van der Waals surface area (Å²) in [5.41, 5.74) is 10.5. The minimum Gasteiger partial charge on any atom is -0.308 e. The van der Waals surface area contributed by atoms with Crippen LogP contribution in [0.2, 0.25) is 0 Å². The molecule has 0 atom stereocenters. The maximum atomic E-state index is 2.45. The summed E-state index contributed by atoms with van der Waals surface area (Å²) in [4.78, 5) is 14.8. The van der Waals surface area contributed by atoms with Crippen molar-refractivity contribution in [2.24, 2.45) is 0 Å². The third kappa shape index (κ3) is 4.48. The van der Waals surface area contributed by atoms with Gasteiger partial charge in [0.1, 0.15) is 0 Å². The Labute approximate surface area is 292 Å². The van der Waals surface area contributed by atoms with Crippen LogP contribution < -0.4 is 14.7 Å². The maximum absolute atomic E-state index is 2.45. The minimum absolute atomic E-state index is 1.11. The molecule has 0 N–H and O–H groups in total. The summed E-state index contributed by atoms with van der Waals surface area (Å²) in [6.45, 7) is 0. The van der Waals surface area contributed by atoms with Crippen LogP contribution >= 0.6 is 35.3 Å². The molecule has 0 amide bonds. The van der Waals surface area contributed by atoms with Gasteiger partial charge in [0.2, 0.25) is 0 Å². The lowest BCUT2D eigenvalue weighted by molar-refractivity contribution is 1.13. The molecule has 48 heavy (non-hydrogen) atoms. The Bertz CT molecular complexity index is 1980. The highest BCUT2D eigenvalue weighted by Crippen LogP contribution is 2.57. The lowest BCUT2D eigenvalue weighted by Gasteiger charge is -2.38. The molecule has 0 aromatic heterocycles. The van der Waals surface area contributed by atoms with E-state index >= 15 is 0 Å². The number of fused-ring (bicyclic) bond motifs is 6. The first-order valence-electron chi connectivity index (χ1n) is 15.9. The van der Waals surface area contributed by atoms with Gasteiger partial charge in [-0.3, -0.25) is 0 Å². The highest BCUT2D eigenvalue weighted by molar-refractivity contribution is 8.00. The van der Waals surface area contributed by atoms with Gasteiger partial charge in [0, 0.05) is 29.4 Å². The molecule has 3 aliphatic rings. The molecule has 6 heteroatoms. The monoisotopic (exact) mass is 669 g/mol. The molecule has 0 radical (unpaired) electrons. The first-order chi connectivity index (χ1) is 23.8. The number of rotatable bonds is 3. The van der Waals surface area contributed by atoms with Gasteiger partial charge >= 0.3 is 0 Å². The summed E-state index contributed by atoms with van der Waals surface area (Å²) in [5.74, 6) is 0. The molecule has 0 saturated carbocycles. The van der Waals surface area contributed by atoms with Crippen molar-refractivity contribution in [1.82, 2.24) is 0 Å². The first-order valence-corrected chi connectivity index (χ1v) is 18.4. The Kier molecular flexibility index (Phi) is 6.61. The minimum atomic E-state index is 1.11. The predicted molar refractivity (Wildman–Crippen MR) is 203 cm³/mol. The van der Waals surface area contributed by atoms with E-state index in [1.807, 2.05) is 35.3 Å². The molecule has 0 aliphatic carbocycles. The fraction of sp³-hybridized carbons (Fsp3) is 0. The zero-order valence-corrected chi connectivity index (χ0v) is 28.1. The van der Waals surface area contributed by atoms with Crippen LogP contribution in [0.4, 0.5) is 51.2 Å². The lowest BCUT2D eigenvalue weighted by Crippen LogP contribution is -2.20. The van der Waals surface area contributed by atoms with Crippen molar-refractivity contribution in [1.29, 1.82) is 0 Å². The molecule has 0 saturated heterocycles. The van der Waals surface area contributed by atoms with Crippen molar-refractivity contribution in [2.75, 3.05) is 14.7 Å². The number of para-hydroxylation sites is 6. The van der Waals surface area contributed by atoms with Crippen molar-refractivity contribution < 1.29 is 0 Å². The Morgan fingerprint density at radius 1 is 0.250 bits per heavy atom. The SMILES string of the molecule is c1ccc2c(c1)Sc1ccccc1N2c1cc(N2c3ccccc3Sc3ccccc32)cc(N2c3ccccc3Sc3ccccc32)c1. The van der Waals surface area contributed by atoms with Crippen LogP contribution in [0, 0.1) is 0 Å². The first kappa shape index (κ1) is 28.0. The van der Waals surface area contributed by atoms with Gasteiger partial charge in [0.05, 0.1) is 51.2 Å². The molecule has 7 aromatic carbocycles. The average Bonchev–Trinajstić information content (AvgIpc) is 3.14. The Morgan fingerprint density at radius 3 is 0.646 bits per heavy atom. The fourth-order valence-corrected chi connectivity index (χ4v) is 10.1. The molecule has 0 spiro atoms. The average molecular weight is 670 g/mol. The second-order valence-corrected chi connectivity index (χ2v) is 15.1. The van der Waals surface area contributed by atoms with Gasteiger partial charge in [0.15, 0.2) is 0 Å². The standard InChI is InChI=1S/C42H27N3S3/c1-7-19-37-31(13-1)43(32-14-2-8-20-38(32)46-37)28-25-29(44-33-15-3-9-21-39(33)47-40-22-10-4-16-34(40)44)27-30(26-28)45-35-17-5-11-23-41(35)48-42-24-12-6-18-36(42)45/h1-27H. The molecule has 3 heterocycles. The Morgan fingerprint density at radius 2 is 0.438 bits per heavy atom. The maximum Gasteiger partial charge on any atom is 0.0601 e. The van der Waals surface area contributed by atoms with Gasteiger partial charge in [-0.1, -0.05) is 108 Å².